The molecule has 0 aliphatic heterocycles. The molecule has 0 spiro atoms. The van der Waals surface area contributed by atoms with Gasteiger partial charge in [0.25, 0.3) is 0 Å². The minimum atomic E-state index is -0.0496. The number of fused-ring (bicyclic) bond motifs is 2. The number of hydrogen-bond acceptors (Lipinski definition) is 3. The van der Waals surface area contributed by atoms with E-state index in [0.717, 1.165) is 28.6 Å². The summed E-state index contributed by atoms with van der Waals surface area (Å²) in [5.41, 5.74) is 13.9. The third kappa shape index (κ3) is 11.7. The molecule has 3 nitrogen and oxygen atoms in total. The molecule has 4 heteroatoms. The summed E-state index contributed by atoms with van der Waals surface area (Å²) in [6, 6.07) is 11.7. The Morgan fingerprint density at radius 2 is 1.41 bits per heavy atom. The van der Waals surface area contributed by atoms with Gasteiger partial charge >= 0.3 is 0 Å². The quantitative estimate of drug-likeness (QED) is 0.0996. The molecule has 335 valence electrons. The lowest BCUT2D eigenvalue weighted by molar-refractivity contribution is 0.273. The van der Waals surface area contributed by atoms with Gasteiger partial charge in [-0.3, -0.25) is 0 Å². The van der Waals surface area contributed by atoms with E-state index in [0.29, 0.717) is 6.54 Å². The Balaban J connectivity index is 1.59. The predicted molar refractivity (Wildman–Crippen MR) is 279 cm³/mol. The maximum atomic E-state index is 6.38. The van der Waals surface area contributed by atoms with Gasteiger partial charge < -0.3 is 14.6 Å². The third-order valence-corrected chi connectivity index (χ3v) is 13.8. The summed E-state index contributed by atoms with van der Waals surface area (Å²) in [5.74, 6) is 0. The first-order valence-corrected chi connectivity index (χ1v) is 23.5. The topological polar surface area (TPSA) is 28.4 Å². The van der Waals surface area contributed by atoms with Crippen LogP contribution in [0.25, 0.3) is 11.0 Å². The van der Waals surface area contributed by atoms with Crippen molar-refractivity contribution in [1.82, 2.24) is 5.32 Å². The smallest absolute Gasteiger partial charge is 0.199 e. The normalized spacial score (nSPS) is 19.3. The molecule has 0 saturated heterocycles. The van der Waals surface area contributed by atoms with Crippen LogP contribution in [0, 0.1) is 16.2 Å². The molecule has 0 atom stereocenters. The standard InChI is InChI=1S/C59H80BN2O/c1-18-23-42(19-2)25-26-43(54(4,5)6)24-21-36-62(37-22-34-61-35-29-47-46(20-3)56(10,11)30-31-57(47,12)13)52-38-44(55(7,8)9)27-28-50(52)60-51-41-63-53-40-49-48(39-45(51)53)58(14,15)32-33-59(49,16)17/h18-29,35-41,61H,3,30-34H2,1-2,4-17H3/b23-18-,26-25+,35-29+,36-21+,37-22+,42-19+,43-24+. The van der Waals surface area contributed by atoms with Gasteiger partial charge in [0.15, 0.2) is 7.28 Å². The van der Waals surface area contributed by atoms with Gasteiger partial charge in [-0.05, 0) is 159 Å². The second kappa shape index (κ2) is 19.2. The van der Waals surface area contributed by atoms with Crippen molar-refractivity contribution in [3.8, 4) is 0 Å². The molecule has 2 aliphatic rings. The van der Waals surface area contributed by atoms with Gasteiger partial charge in [0.2, 0.25) is 0 Å². The van der Waals surface area contributed by atoms with Crippen LogP contribution in [0.15, 0.2) is 149 Å². The minimum absolute atomic E-state index is 0.0412. The van der Waals surface area contributed by atoms with Crippen molar-refractivity contribution in [3.05, 3.63) is 162 Å². The second-order valence-electron chi connectivity index (χ2n) is 22.7. The summed E-state index contributed by atoms with van der Waals surface area (Å²) in [6.45, 7) is 41.7. The van der Waals surface area contributed by atoms with Crippen LogP contribution in [0.5, 0.6) is 0 Å². The maximum absolute atomic E-state index is 6.38. The monoisotopic (exact) mass is 844 g/mol. The lowest BCUT2D eigenvalue weighted by atomic mass is 9.60. The zero-order chi connectivity index (χ0) is 46.6. The van der Waals surface area contributed by atoms with E-state index in [1.54, 1.807) is 0 Å². The molecule has 1 aromatic heterocycles. The molecular formula is C59H80BN2O. The summed E-state index contributed by atoms with van der Waals surface area (Å²) in [4.78, 5) is 2.28. The van der Waals surface area contributed by atoms with Gasteiger partial charge in [-0.25, -0.2) is 0 Å². The Morgan fingerprint density at radius 1 is 0.778 bits per heavy atom. The van der Waals surface area contributed by atoms with Crippen molar-refractivity contribution < 1.29 is 4.42 Å². The van der Waals surface area contributed by atoms with Crippen molar-refractivity contribution in [1.29, 1.82) is 0 Å². The average Bonchev–Trinajstić information content (AvgIpc) is 3.59. The molecule has 0 saturated carbocycles. The van der Waals surface area contributed by atoms with Crippen LogP contribution in [-0.2, 0) is 16.2 Å². The van der Waals surface area contributed by atoms with Crippen molar-refractivity contribution >= 4 is 34.9 Å². The summed E-state index contributed by atoms with van der Waals surface area (Å²) in [5, 5.41) is 4.76. The largest absolute Gasteiger partial charge is 0.465 e. The molecule has 0 amide bonds. The molecule has 2 aromatic carbocycles. The Bertz CT molecular complexity index is 2380. The molecule has 5 rings (SSSR count). The first-order chi connectivity index (χ1) is 29.3. The highest BCUT2D eigenvalue weighted by molar-refractivity contribution is 6.71. The van der Waals surface area contributed by atoms with Gasteiger partial charge in [0.05, 0.1) is 6.26 Å². The highest BCUT2D eigenvalue weighted by atomic mass is 16.3. The maximum Gasteiger partial charge on any atom is 0.199 e. The third-order valence-electron chi connectivity index (χ3n) is 13.8. The molecule has 1 N–H and O–H groups in total. The first kappa shape index (κ1) is 49.3. The van der Waals surface area contributed by atoms with Gasteiger partial charge in [0.1, 0.15) is 5.58 Å². The summed E-state index contributed by atoms with van der Waals surface area (Å²) < 4.78 is 6.38. The van der Waals surface area contributed by atoms with E-state index < -0.39 is 0 Å². The fraction of sp³-hybridized carbons (Fsp3) is 0.458. The van der Waals surface area contributed by atoms with Gasteiger partial charge in [-0.15, -0.1) is 0 Å². The number of allylic oxidation sites excluding steroid dienone is 13. The first-order valence-electron chi connectivity index (χ1n) is 23.5. The highest BCUT2D eigenvalue weighted by Crippen LogP contribution is 2.50. The van der Waals surface area contributed by atoms with E-state index >= 15 is 0 Å². The SMILES string of the molecule is C=CC1=C(/C=C/NC/C=C/N(/C=C/C=C(\C=C\C(\C=C/C)=C\C)C(C)(C)C)c2cc(C(C)(C)C)ccc2[B]c2coc3cc4c(cc23)C(C)(C)CCC4(C)C)C(C)(C)CCC1(C)C. The Morgan fingerprint density at radius 3 is 2.02 bits per heavy atom. The van der Waals surface area contributed by atoms with Gasteiger partial charge in [-0.2, -0.15) is 0 Å². The molecule has 0 fully saturated rings. The zero-order valence-electron chi connectivity index (χ0n) is 42.1. The van der Waals surface area contributed by atoms with Crippen LogP contribution in [0.1, 0.15) is 153 Å². The number of nitrogens with one attached hydrogen (secondary N) is 1. The Hall–Kier alpha value is -4.70. The van der Waals surface area contributed by atoms with Crippen LogP contribution in [0.2, 0.25) is 0 Å². The number of nitrogens with zero attached hydrogens (tertiary/aromatic N) is 1. The van der Waals surface area contributed by atoms with E-state index in [9.17, 15) is 0 Å². The van der Waals surface area contributed by atoms with Crippen molar-refractivity contribution in [2.24, 2.45) is 16.2 Å². The van der Waals surface area contributed by atoms with Crippen LogP contribution < -0.4 is 21.1 Å². The fourth-order valence-corrected chi connectivity index (χ4v) is 9.14. The van der Waals surface area contributed by atoms with Crippen LogP contribution in [0.3, 0.4) is 0 Å². The Labute approximate surface area is 384 Å². The predicted octanol–water partition coefficient (Wildman–Crippen LogP) is 15.1. The number of hydrogen-bond donors (Lipinski definition) is 1. The van der Waals surface area contributed by atoms with E-state index in [4.69, 9.17) is 4.42 Å². The molecule has 1 radical (unpaired) electrons. The van der Waals surface area contributed by atoms with E-state index in [2.05, 4.69) is 245 Å². The lowest BCUT2D eigenvalue weighted by Gasteiger charge is -2.42. The average molecular weight is 844 g/mol. The molecule has 1 heterocycles. The Kier molecular flexibility index (Phi) is 15.0. The molecule has 63 heavy (non-hydrogen) atoms. The van der Waals surface area contributed by atoms with Crippen LogP contribution >= 0.6 is 0 Å². The molecule has 2 aliphatic carbocycles. The molecular weight excluding hydrogens is 763 g/mol. The summed E-state index contributed by atoms with van der Waals surface area (Å²) >= 11 is 0. The van der Waals surface area contributed by atoms with Crippen molar-refractivity contribution in [3.63, 3.8) is 0 Å². The number of furan rings is 1. The number of rotatable bonds is 14. The van der Waals surface area contributed by atoms with Crippen molar-refractivity contribution in [2.75, 3.05) is 11.4 Å². The van der Waals surface area contributed by atoms with Crippen LogP contribution in [-0.4, -0.2) is 13.8 Å². The molecule has 0 unspecified atom stereocenters. The van der Waals surface area contributed by atoms with Crippen LogP contribution in [0.4, 0.5) is 5.69 Å². The molecule has 0 bridgehead atoms. The summed E-state index contributed by atoms with van der Waals surface area (Å²) in [6.07, 6.45) is 35.0. The highest BCUT2D eigenvalue weighted by Gasteiger charge is 2.38. The van der Waals surface area contributed by atoms with E-state index in [-0.39, 0.29) is 32.5 Å². The molecule has 3 aromatic rings. The van der Waals surface area contributed by atoms with Gasteiger partial charge in [-0.1, -0.05) is 164 Å². The summed E-state index contributed by atoms with van der Waals surface area (Å²) in [7, 11) is 2.31. The van der Waals surface area contributed by atoms with Gasteiger partial charge in [0, 0.05) is 30.0 Å². The van der Waals surface area contributed by atoms with E-state index in [1.807, 2.05) is 6.26 Å². The second-order valence-corrected chi connectivity index (χ2v) is 22.7. The lowest BCUT2D eigenvalue weighted by Crippen LogP contribution is -2.34. The number of benzene rings is 2. The zero-order valence-corrected chi connectivity index (χ0v) is 42.1. The fourth-order valence-electron chi connectivity index (χ4n) is 9.14. The minimum Gasteiger partial charge on any atom is -0.465 e. The van der Waals surface area contributed by atoms with E-state index in [1.165, 1.54) is 63.6 Å². The number of anilines is 1. The van der Waals surface area contributed by atoms with Crippen molar-refractivity contribution in [2.45, 2.75) is 153 Å².